The van der Waals surface area contributed by atoms with Crippen LogP contribution in [-0.2, 0) is 22.4 Å². The number of nitrogens with zero attached hydrogens (tertiary/aromatic N) is 2. The third-order valence-corrected chi connectivity index (χ3v) is 9.98. The number of ether oxygens (including phenoxy) is 1. The van der Waals surface area contributed by atoms with Crippen molar-refractivity contribution in [2.75, 3.05) is 0 Å². The van der Waals surface area contributed by atoms with E-state index >= 15 is 0 Å². The Morgan fingerprint density at radius 2 is 1.50 bits per heavy atom. The summed E-state index contributed by atoms with van der Waals surface area (Å²) in [6, 6.07) is 16.3. The van der Waals surface area contributed by atoms with E-state index in [2.05, 4.69) is 0 Å². The van der Waals surface area contributed by atoms with E-state index in [0.717, 1.165) is 42.2 Å². The molecule has 4 aliphatic rings. The van der Waals surface area contributed by atoms with Crippen molar-refractivity contribution < 1.29 is 19.1 Å². The van der Waals surface area contributed by atoms with E-state index in [1.165, 1.54) is 11.3 Å². The molecule has 0 aliphatic heterocycles. The number of amides is 2. The molecule has 4 bridgehead atoms. The Bertz CT molecular complexity index is 1530. The highest BCUT2D eigenvalue weighted by Gasteiger charge is 2.54. The SMILES string of the molecule is CC(C)(C)OC(=O)N(C(=O)C(C)(N)Cc1cn(C(=O)[C@@H](N)Cc2ccccc2)c2ccccc12)C1C2CC3CC(C2)CC1C3. The van der Waals surface area contributed by atoms with Crippen LogP contribution >= 0.6 is 0 Å². The Labute approximate surface area is 260 Å². The van der Waals surface area contributed by atoms with Crippen LogP contribution in [0.5, 0.6) is 0 Å². The maximum atomic E-state index is 14.5. The van der Waals surface area contributed by atoms with Crippen LogP contribution in [0.15, 0.2) is 60.8 Å². The van der Waals surface area contributed by atoms with Crippen LogP contribution in [0.2, 0.25) is 0 Å². The zero-order valence-corrected chi connectivity index (χ0v) is 26.4. The van der Waals surface area contributed by atoms with Gasteiger partial charge in [-0.2, -0.15) is 0 Å². The molecule has 1 aromatic heterocycles. The number of imide groups is 1. The third-order valence-electron chi connectivity index (χ3n) is 9.98. The van der Waals surface area contributed by atoms with Crippen molar-refractivity contribution in [3.05, 3.63) is 71.9 Å². The van der Waals surface area contributed by atoms with Crippen LogP contribution in [0.3, 0.4) is 0 Å². The van der Waals surface area contributed by atoms with Crippen LogP contribution in [0.25, 0.3) is 10.9 Å². The second-order valence-electron chi connectivity index (χ2n) is 14.8. The number of rotatable bonds is 7. The third kappa shape index (κ3) is 5.94. The second-order valence-corrected chi connectivity index (χ2v) is 14.8. The van der Waals surface area contributed by atoms with E-state index in [1.54, 1.807) is 17.7 Å². The highest BCUT2D eigenvalue weighted by atomic mass is 16.6. The number of carbonyl (C=O) groups excluding carboxylic acids is 3. The fourth-order valence-corrected chi connectivity index (χ4v) is 8.42. The first-order valence-corrected chi connectivity index (χ1v) is 16.1. The number of para-hydroxylation sites is 1. The first-order chi connectivity index (χ1) is 20.8. The maximum absolute atomic E-state index is 14.5. The molecule has 2 atom stereocenters. The molecule has 0 spiro atoms. The van der Waals surface area contributed by atoms with Gasteiger partial charge in [0.2, 0.25) is 5.91 Å². The molecule has 44 heavy (non-hydrogen) atoms. The number of hydrogen-bond donors (Lipinski definition) is 2. The molecule has 0 saturated heterocycles. The molecule has 4 saturated carbocycles. The Morgan fingerprint density at radius 1 is 0.909 bits per heavy atom. The number of nitrogens with two attached hydrogens (primary N) is 2. The standard InChI is InChI=1S/C36H46N4O4/c1-35(2,3)44-34(43)40(31-25-15-23-14-24(17-25)18-26(31)16-23)33(42)36(4,38)20-27-21-39(30-13-9-8-12-28(27)30)32(41)29(37)19-22-10-6-5-7-11-22/h5-13,21,23-26,29,31H,14-20,37-38H2,1-4H3/t23?,24?,25?,26?,29-,31?,36?/m0/s1. The van der Waals surface area contributed by atoms with Gasteiger partial charge in [-0.15, -0.1) is 0 Å². The summed E-state index contributed by atoms with van der Waals surface area (Å²) in [5.41, 5.74) is 13.6. The van der Waals surface area contributed by atoms with Gasteiger partial charge in [0.15, 0.2) is 0 Å². The molecule has 2 aromatic carbocycles. The van der Waals surface area contributed by atoms with Crippen LogP contribution in [0.1, 0.15) is 75.7 Å². The molecule has 4 N–H and O–H groups in total. The molecule has 1 unspecified atom stereocenters. The van der Waals surface area contributed by atoms with E-state index in [0.29, 0.717) is 23.8 Å². The molecule has 1 heterocycles. The average Bonchev–Trinajstić information content (AvgIpc) is 3.31. The summed E-state index contributed by atoms with van der Waals surface area (Å²) in [4.78, 5) is 43.4. The first-order valence-electron chi connectivity index (χ1n) is 16.1. The molecule has 8 nitrogen and oxygen atoms in total. The van der Waals surface area contributed by atoms with Gasteiger partial charge in [0, 0.05) is 24.0 Å². The minimum Gasteiger partial charge on any atom is -0.443 e. The lowest BCUT2D eigenvalue weighted by Crippen LogP contribution is -2.65. The summed E-state index contributed by atoms with van der Waals surface area (Å²) in [7, 11) is 0. The number of aromatic nitrogens is 1. The zero-order valence-electron chi connectivity index (χ0n) is 26.4. The van der Waals surface area contributed by atoms with Gasteiger partial charge in [0.25, 0.3) is 5.91 Å². The van der Waals surface area contributed by atoms with Crippen molar-refractivity contribution in [3.63, 3.8) is 0 Å². The highest BCUT2D eigenvalue weighted by Crippen LogP contribution is 2.55. The average molecular weight is 599 g/mol. The van der Waals surface area contributed by atoms with Gasteiger partial charge >= 0.3 is 6.09 Å². The highest BCUT2D eigenvalue weighted by molar-refractivity contribution is 6.00. The molecule has 8 heteroatoms. The van der Waals surface area contributed by atoms with E-state index in [4.69, 9.17) is 16.2 Å². The van der Waals surface area contributed by atoms with Crippen molar-refractivity contribution in [2.45, 2.75) is 95.9 Å². The van der Waals surface area contributed by atoms with Crippen LogP contribution < -0.4 is 11.5 Å². The lowest BCUT2D eigenvalue weighted by Gasteiger charge is -2.56. The number of carbonyl (C=O) groups is 3. The molecule has 4 fully saturated rings. The lowest BCUT2D eigenvalue weighted by molar-refractivity contribution is -0.147. The first kappa shape index (κ1) is 30.5. The smallest absolute Gasteiger partial charge is 0.417 e. The fourth-order valence-electron chi connectivity index (χ4n) is 8.42. The Balaban J connectivity index is 1.30. The fraction of sp³-hybridized carbons (Fsp3) is 0.528. The van der Waals surface area contributed by atoms with Gasteiger partial charge < -0.3 is 16.2 Å². The predicted octanol–water partition coefficient (Wildman–Crippen LogP) is 5.70. The molecule has 0 radical (unpaired) electrons. The van der Waals surface area contributed by atoms with E-state index < -0.39 is 29.2 Å². The van der Waals surface area contributed by atoms with E-state index in [-0.39, 0.29) is 30.2 Å². The zero-order chi connectivity index (χ0) is 31.4. The summed E-state index contributed by atoms with van der Waals surface area (Å²) in [5, 5.41) is 0.829. The van der Waals surface area contributed by atoms with E-state index in [9.17, 15) is 14.4 Å². The summed E-state index contributed by atoms with van der Waals surface area (Å²) >= 11 is 0. The second kappa shape index (κ2) is 11.5. The maximum Gasteiger partial charge on any atom is 0.417 e. The molecule has 2 amide bonds. The molecule has 234 valence electrons. The minimum absolute atomic E-state index is 0.146. The predicted molar refractivity (Wildman–Crippen MR) is 171 cm³/mol. The summed E-state index contributed by atoms with van der Waals surface area (Å²) in [6.45, 7) is 7.15. The van der Waals surface area contributed by atoms with Crippen molar-refractivity contribution in [1.29, 1.82) is 0 Å². The van der Waals surface area contributed by atoms with Gasteiger partial charge in [0.1, 0.15) is 5.60 Å². The molecule has 3 aromatic rings. The monoisotopic (exact) mass is 598 g/mol. The van der Waals surface area contributed by atoms with Crippen molar-refractivity contribution >= 4 is 28.8 Å². The van der Waals surface area contributed by atoms with Crippen molar-refractivity contribution in [3.8, 4) is 0 Å². The lowest BCUT2D eigenvalue weighted by atomic mass is 9.54. The number of hydrogen-bond acceptors (Lipinski definition) is 6. The Morgan fingerprint density at radius 3 is 2.11 bits per heavy atom. The Hall–Kier alpha value is -3.49. The van der Waals surface area contributed by atoms with Crippen LogP contribution in [0.4, 0.5) is 4.79 Å². The summed E-state index contributed by atoms with van der Waals surface area (Å²) in [5.74, 6) is 1.28. The number of fused-ring (bicyclic) bond motifs is 1. The van der Waals surface area contributed by atoms with Gasteiger partial charge in [0.05, 0.1) is 17.1 Å². The summed E-state index contributed by atoms with van der Waals surface area (Å²) < 4.78 is 7.44. The Kier molecular flexibility index (Phi) is 7.95. The minimum atomic E-state index is -1.42. The normalized spacial score (nSPS) is 26.3. The van der Waals surface area contributed by atoms with E-state index in [1.807, 2.05) is 75.4 Å². The van der Waals surface area contributed by atoms with Gasteiger partial charge in [-0.05, 0) is 107 Å². The molecular weight excluding hydrogens is 552 g/mol. The molecule has 7 rings (SSSR count). The molecule has 4 aliphatic carbocycles. The van der Waals surface area contributed by atoms with Gasteiger partial charge in [-0.1, -0.05) is 48.5 Å². The largest absolute Gasteiger partial charge is 0.443 e. The van der Waals surface area contributed by atoms with Crippen molar-refractivity contribution in [2.24, 2.45) is 35.1 Å². The summed E-state index contributed by atoms with van der Waals surface area (Å²) in [6.07, 6.45) is 7.16. The van der Waals surface area contributed by atoms with Crippen molar-refractivity contribution in [1.82, 2.24) is 9.47 Å². The topological polar surface area (TPSA) is 121 Å². The molecular formula is C36H46N4O4. The van der Waals surface area contributed by atoms with Gasteiger partial charge in [-0.3, -0.25) is 14.2 Å². The quantitative estimate of drug-likeness (QED) is 0.360. The van der Waals surface area contributed by atoms with Crippen LogP contribution in [-0.4, -0.2) is 50.6 Å². The van der Waals surface area contributed by atoms with Gasteiger partial charge in [-0.25, -0.2) is 9.69 Å². The van der Waals surface area contributed by atoms with Crippen LogP contribution in [0, 0.1) is 23.7 Å². The number of benzene rings is 2.